The van der Waals surface area contributed by atoms with Crippen LogP contribution in [0.3, 0.4) is 0 Å². The summed E-state index contributed by atoms with van der Waals surface area (Å²) >= 11 is 0. The Labute approximate surface area is 106 Å². The van der Waals surface area contributed by atoms with Crippen molar-refractivity contribution in [1.82, 2.24) is 4.90 Å². The molecule has 1 aromatic rings. The molecule has 2 N–H and O–H groups in total. The number of rotatable bonds is 4. The highest BCUT2D eigenvalue weighted by Gasteiger charge is 2.28. The molecule has 1 aliphatic rings. The molecule has 0 spiro atoms. The van der Waals surface area contributed by atoms with Crippen LogP contribution in [0, 0.1) is 0 Å². The van der Waals surface area contributed by atoms with Crippen molar-refractivity contribution in [3.8, 4) is 5.75 Å². The molecule has 2 amide bonds. The van der Waals surface area contributed by atoms with Crippen molar-refractivity contribution in [3.05, 3.63) is 29.3 Å². The lowest BCUT2D eigenvalue weighted by Crippen LogP contribution is -2.24. The topological polar surface area (TPSA) is 72.6 Å². The lowest BCUT2D eigenvalue weighted by Gasteiger charge is -2.16. The van der Waals surface area contributed by atoms with E-state index < -0.39 is 5.91 Å². The first-order chi connectivity index (χ1) is 8.50. The molecule has 1 saturated carbocycles. The molecule has 5 nitrogen and oxygen atoms in total. The zero-order valence-electron chi connectivity index (χ0n) is 10.5. The van der Waals surface area contributed by atoms with Crippen LogP contribution >= 0.6 is 0 Å². The second-order valence-electron chi connectivity index (χ2n) is 4.56. The molecule has 1 aromatic carbocycles. The molecule has 0 atom stereocenters. The van der Waals surface area contributed by atoms with Crippen LogP contribution in [0.15, 0.2) is 18.2 Å². The predicted octanol–water partition coefficient (Wildman–Crippen LogP) is 1.03. The van der Waals surface area contributed by atoms with Gasteiger partial charge in [0.05, 0.1) is 17.2 Å². The van der Waals surface area contributed by atoms with Gasteiger partial charge in [-0.1, -0.05) is 6.07 Å². The summed E-state index contributed by atoms with van der Waals surface area (Å²) in [6.45, 7) is 0. The molecule has 0 bridgehead atoms. The smallest absolute Gasteiger partial charge is 0.257 e. The number of carbonyl (C=O) groups excluding carboxylic acids is 2. The summed E-state index contributed by atoms with van der Waals surface area (Å²) < 4.78 is 5.67. The van der Waals surface area contributed by atoms with Crippen LogP contribution in [0.2, 0.25) is 0 Å². The van der Waals surface area contributed by atoms with Crippen molar-refractivity contribution >= 4 is 11.8 Å². The normalized spacial score (nSPS) is 14.1. The third-order valence-electron chi connectivity index (χ3n) is 2.73. The Morgan fingerprint density at radius 3 is 2.39 bits per heavy atom. The lowest BCUT2D eigenvalue weighted by molar-refractivity contribution is 0.0822. The zero-order chi connectivity index (χ0) is 13.3. The van der Waals surface area contributed by atoms with Crippen molar-refractivity contribution in [3.63, 3.8) is 0 Å². The van der Waals surface area contributed by atoms with Crippen LogP contribution in [0.25, 0.3) is 0 Å². The number of nitrogens with two attached hydrogens (primary N) is 1. The van der Waals surface area contributed by atoms with Crippen LogP contribution < -0.4 is 10.5 Å². The minimum absolute atomic E-state index is 0.0965. The Balaban J connectivity index is 2.46. The van der Waals surface area contributed by atoms with Gasteiger partial charge in [0.25, 0.3) is 11.8 Å². The van der Waals surface area contributed by atoms with Crippen LogP contribution in [0.5, 0.6) is 5.75 Å². The van der Waals surface area contributed by atoms with Gasteiger partial charge in [0.1, 0.15) is 5.75 Å². The number of amides is 2. The van der Waals surface area contributed by atoms with E-state index in [1.165, 1.54) is 4.90 Å². The number of primary amides is 1. The Kier molecular flexibility index (Phi) is 3.23. The van der Waals surface area contributed by atoms with Gasteiger partial charge in [0.2, 0.25) is 0 Å². The Morgan fingerprint density at radius 2 is 1.89 bits per heavy atom. The number of ether oxygens (including phenoxy) is 1. The van der Waals surface area contributed by atoms with E-state index in [0.717, 1.165) is 12.8 Å². The van der Waals surface area contributed by atoms with E-state index in [1.54, 1.807) is 32.3 Å². The number of para-hydroxylation sites is 1. The van der Waals surface area contributed by atoms with Gasteiger partial charge in [-0.25, -0.2) is 0 Å². The first-order valence-electron chi connectivity index (χ1n) is 5.82. The van der Waals surface area contributed by atoms with Gasteiger partial charge in [-0.05, 0) is 25.0 Å². The van der Waals surface area contributed by atoms with Gasteiger partial charge in [-0.3, -0.25) is 9.59 Å². The van der Waals surface area contributed by atoms with Crippen molar-refractivity contribution in [2.45, 2.75) is 18.9 Å². The molecule has 1 aliphatic carbocycles. The summed E-state index contributed by atoms with van der Waals surface area (Å²) in [7, 11) is 3.31. The first-order valence-corrected chi connectivity index (χ1v) is 5.82. The fourth-order valence-corrected chi connectivity index (χ4v) is 1.62. The molecule has 96 valence electrons. The van der Waals surface area contributed by atoms with Gasteiger partial charge in [0.15, 0.2) is 0 Å². The van der Waals surface area contributed by atoms with Crippen molar-refractivity contribution in [2.75, 3.05) is 14.1 Å². The van der Waals surface area contributed by atoms with Crippen LogP contribution in [-0.4, -0.2) is 36.9 Å². The quantitative estimate of drug-likeness (QED) is 0.864. The maximum Gasteiger partial charge on any atom is 0.257 e. The third-order valence-corrected chi connectivity index (χ3v) is 2.73. The Morgan fingerprint density at radius 1 is 1.28 bits per heavy atom. The van der Waals surface area contributed by atoms with Gasteiger partial charge in [-0.2, -0.15) is 0 Å². The second kappa shape index (κ2) is 4.68. The average molecular weight is 248 g/mol. The highest BCUT2D eigenvalue weighted by molar-refractivity contribution is 6.03. The first kappa shape index (κ1) is 12.4. The fraction of sp³-hybridized carbons (Fsp3) is 0.385. The summed E-state index contributed by atoms with van der Waals surface area (Å²) in [5, 5.41) is 0. The standard InChI is InChI=1S/C13H16N2O3/c1-15(2)13(17)10-5-3-4-9(12(14)16)11(10)18-8-6-7-8/h3-5,8H,6-7H2,1-2H3,(H2,14,16). The minimum atomic E-state index is -0.584. The second-order valence-corrected chi connectivity index (χ2v) is 4.56. The minimum Gasteiger partial charge on any atom is -0.489 e. The Hall–Kier alpha value is -2.04. The van der Waals surface area contributed by atoms with Crippen LogP contribution in [0.1, 0.15) is 33.6 Å². The highest BCUT2D eigenvalue weighted by Crippen LogP contribution is 2.32. The molecule has 0 aliphatic heterocycles. The molecule has 18 heavy (non-hydrogen) atoms. The summed E-state index contributed by atoms with van der Waals surface area (Å²) in [5.41, 5.74) is 5.95. The van der Waals surface area contributed by atoms with E-state index in [2.05, 4.69) is 0 Å². The number of carbonyl (C=O) groups is 2. The van der Waals surface area contributed by atoms with Gasteiger partial charge in [-0.15, -0.1) is 0 Å². The molecular weight excluding hydrogens is 232 g/mol. The molecule has 0 unspecified atom stereocenters. The van der Waals surface area contributed by atoms with E-state index in [1.807, 2.05) is 0 Å². The predicted molar refractivity (Wildman–Crippen MR) is 66.6 cm³/mol. The number of hydrogen-bond donors (Lipinski definition) is 1. The monoisotopic (exact) mass is 248 g/mol. The molecule has 0 heterocycles. The molecule has 0 saturated heterocycles. The Bertz CT molecular complexity index is 493. The number of benzene rings is 1. The molecule has 1 fully saturated rings. The van der Waals surface area contributed by atoms with E-state index in [9.17, 15) is 9.59 Å². The van der Waals surface area contributed by atoms with E-state index >= 15 is 0 Å². The van der Waals surface area contributed by atoms with E-state index in [-0.39, 0.29) is 17.6 Å². The van der Waals surface area contributed by atoms with Crippen molar-refractivity contribution in [1.29, 1.82) is 0 Å². The summed E-state index contributed by atoms with van der Waals surface area (Å²) in [5.74, 6) is -0.473. The molecule has 0 radical (unpaired) electrons. The van der Waals surface area contributed by atoms with E-state index in [0.29, 0.717) is 11.3 Å². The van der Waals surface area contributed by atoms with Gasteiger partial charge >= 0.3 is 0 Å². The molecule has 5 heteroatoms. The number of hydrogen-bond acceptors (Lipinski definition) is 3. The summed E-state index contributed by atoms with van der Waals surface area (Å²) in [6.07, 6.45) is 1.99. The van der Waals surface area contributed by atoms with E-state index in [4.69, 9.17) is 10.5 Å². The fourth-order valence-electron chi connectivity index (χ4n) is 1.62. The largest absolute Gasteiger partial charge is 0.489 e. The average Bonchev–Trinajstić information content (AvgIpc) is 3.11. The SMILES string of the molecule is CN(C)C(=O)c1cccc(C(N)=O)c1OC1CC1. The molecular formula is C13H16N2O3. The lowest BCUT2D eigenvalue weighted by atomic mass is 10.1. The highest BCUT2D eigenvalue weighted by atomic mass is 16.5. The molecule has 0 aromatic heterocycles. The summed E-state index contributed by atoms with van der Waals surface area (Å²) in [6, 6.07) is 4.86. The number of nitrogens with zero attached hydrogens (tertiary/aromatic N) is 1. The van der Waals surface area contributed by atoms with Crippen LogP contribution in [0.4, 0.5) is 0 Å². The van der Waals surface area contributed by atoms with Gasteiger partial charge in [0, 0.05) is 14.1 Å². The van der Waals surface area contributed by atoms with Crippen molar-refractivity contribution in [2.24, 2.45) is 5.73 Å². The van der Waals surface area contributed by atoms with Crippen molar-refractivity contribution < 1.29 is 14.3 Å². The maximum atomic E-state index is 12.0. The zero-order valence-corrected chi connectivity index (χ0v) is 10.5. The van der Waals surface area contributed by atoms with Gasteiger partial charge < -0.3 is 15.4 Å². The maximum absolute atomic E-state index is 12.0. The molecule has 2 rings (SSSR count). The summed E-state index contributed by atoms with van der Waals surface area (Å²) in [4.78, 5) is 24.9. The third kappa shape index (κ3) is 2.45. The van der Waals surface area contributed by atoms with Crippen LogP contribution in [-0.2, 0) is 0 Å².